The third-order valence-corrected chi connectivity index (χ3v) is 4.36. The fraction of sp³-hybridized carbons (Fsp3) is 0.667. The van der Waals surface area contributed by atoms with E-state index >= 15 is 0 Å². The molecule has 1 aromatic heterocycles. The lowest BCUT2D eigenvalue weighted by molar-refractivity contribution is -0.162. The van der Waals surface area contributed by atoms with Crippen LogP contribution in [0, 0.1) is 5.92 Å². The third-order valence-electron chi connectivity index (χ3n) is 3.89. The molecule has 1 N–H and O–H groups in total. The molecular formula is C24H37BrN2O6. The van der Waals surface area contributed by atoms with Crippen LogP contribution in [0.2, 0.25) is 0 Å². The van der Waals surface area contributed by atoms with E-state index in [0.29, 0.717) is 5.69 Å². The highest BCUT2D eigenvalue weighted by Crippen LogP contribution is 2.22. The molecule has 8 nitrogen and oxygen atoms in total. The predicted molar refractivity (Wildman–Crippen MR) is 129 cm³/mol. The van der Waals surface area contributed by atoms with Gasteiger partial charge >= 0.3 is 18.0 Å². The quantitative estimate of drug-likeness (QED) is 0.393. The van der Waals surface area contributed by atoms with Crippen LogP contribution < -0.4 is 5.32 Å². The first-order valence-electron chi connectivity index (χ1n) is 10.9. The molecule has 1 heterocycles. The van der Waals surface area contributed by atoms with Gasteiger partial charge in [-0.25, -0.2) is 9.59 Å². The van der Waals surface area contributed by atoms with E-state index in [0.717, 1.165) is 4.47 Å². The largest absolute Gasteiger partial charge is 0.460 e. The van der Waals surface area contributed by atoms with Gasteiger partial charge in [-0.1, -0.05) is 0 Å². The highest BCUT2D eigenvalue weighted by Gasteiger charge is 2.35. The molecule has 0 saturated carbocycles. The molecule has 0 aliphatic carbocycles. The van der Waals surface area contributed by atoms with E-state index < -0.39 is 46.8 Å². The Bertz CT molecular complexity index is 819. The summed E-state index contributed by atoms with van der Waals surface area (Å²) in [7, 11) is 0. The van der Waals surface area contributed by atoms with Gasteiger partial charge < -0.3 is 19.5 Å². The van der Waals surface area contributed by atoms with Crippen molar-refractivity contribution in [3.05, 3.63) is 28.5 Å². The van der Waals surface area contributed by atoms with Crippen LogP contribution in [0.5, 0.6) is 0 Å². The number of hydrogen-bond acceptors (Lipinski definition) is 7. The van der Waals surface area contributed by atoms with E-state index in [4.69, 9.17) is 14.2 Å². The van der Waals surface area contributed by atoms with Crippen LogP contribution in [-0.4, -0.2) is 45.9 Å². The van der Waals surface area contributed by atoms with Crippen molar-refractivity contribution in [1.29, 1.82) is 0 Å². The molecule has 9 heteroatoms. The molecule has 0 bridgehead atoms. The van der Waals surface area contributed by atoms with Crippen molar-refractivity contribution in [3.8, 4) is 0 Å². The number of rotatable bonds is 7. The fourth-order valence-corrected chi connectivity index (χ4v) is 2.98. The minimum absolute atomic E-state index is 0.0409. The molecule has 0 fully saturated rings. The summed E-state index contributed by atoms with van der Waals surface area (Å²) in [5, 5.41) is 2.57. The first kappa shape index (κ1) is 28.9. The van der Waals surface area contributed by atoms with Crippen LogP contribution in [0.1, 0.15) is 74.4 Å². The Kier molecular flexibility index (Phi) is 9.90. The van der Waals surface area contributed by atoms with E-state index in [1.807, 2.05) is 6.07 Å². The zero-order valence-corrected chi connectivity index (χ0v) is 22.7. The van der Waals surface area contributed by atoms with Gasteiger partial charge in [0.1, 0.15) is 22.8 Å². The van der Waals surface area contributed by atoms with Crippen molar-refractivity contribution in [2.45, 2.75) is 98.0 Å². The van der Waals surface area contributed by atoms with Crippen molar-refractivity contribution in [1.82, 2.24) is 10.3 Å². The molecule has 0 aliphatic rings. The van der Waals surface area contributed by atoms with Gasteiger partial charge in [-0.2, -0.15) is 0 Å². The average molecular weight is 529 g/mol. The molecule has 1 aromatic rings. The third kappa shape index (κ3) is 12.6. The van der Waals surface area contributed by atoms with Crippen molar-refractivity contribution in [2.24, 2.45) is 5.92 Å². The van der Waals surface area contributed by atoms with Crippen LogP contribution >= 0.6 is 15.9 Å². The van der Waals surface area contributed by atoms with Crippen molar-refractivity contribution in [3.63, 3.8) is 0 Å². The molecular weight excluding hydrogens is 492 g/mol. The number of pyridine rings is 1. The number of ether oxygens (including phenoxy) is 3. The Morgan fingerprint density at radius 2 is 1.39 bits per heavy atom. The second-order valence-corrected chi connectivity index (χ2v) is 11.8. The number of carbonyl (C=O) groups excluding carboxylic acids is 3. The lowest BCUT2D eigenvalue weighted by Gasteiger charge is -2.29. The summed E-state index contributed by atoms with van der Waals surface area (Å²) in [4.78, 5) is 42.7. The van der Waals surface area contributed by atoms with Crippen molar-refractivity contribution in [2.75, 3.05) is 0 Å². The van der Waals surface area contributed by atoms with Crippen LogP contribution in [0.15, 0.2) is 22.8 Å². The van der Waals surface area contributed by atoms with Gasteiger partial charge in [0.05, 0.1) is 5.92 Å². The number of alkyl carbamates (subject to hydrolysis) is 1. The van der Waals surface area contributed by atoms with E-state index in [1.54, 1.807) is 74.6 Å². The number of aromatic nitrogens is 1. The van der Waals surface area contributed by atoms with Gasteiger partial charge in [0.2, 0.25) is 0 Å². The molecule has 2 atom stereocenters. The normalized spacial score (nSPS) is 14.1. The monoisotopic (exact) mass is 528 g/mol. The molecule has 0 saturated heterocycles. The number of carbonyl (C=O) groups is 3. The van der Waals surface area contributed by atoms with Gasteiger partial charge in [0.25, 0.3) is 0 Å². The van der Waals surface area contributed by atoms with Gasteiger partial charge in [-0.3, -0.25) is 9.78 Å². The number of esters is 2. The second-order valence-electron chi connectivity index (χ2n) is 10.9. The molecule has 33 heavy (non-hydrogen) atoms. The summed E-state index contributed by atoms with van der Waals surface area (Å²) >= 11 is 3.34. The maximum Gasteiger partial charge on any atom is 0.408 e. The van der Waals surface area contributed by atoms with Gasteiger partial charge in [-0.15, -0.1) is 0 Å². The van der Waals surface area contributed by atoms with Gasteiger partial charge in [0, 0.05) is 22.8 Å². The predicted octanol–water partition coefficient (Wildman–Crippen LogP) is 4.97. The zero-order valence-electron chi connectivity index (χ0n) is 21.1. The number of amides is 1. The second kappa shape index (κ2) is 11.3. The Morgan fingerprint density at radius 1 is 0.879 bits per heavy atom. The van der Waals surface area contributed by atoms with E-state index in [-0.39, 0.29) is 12.8 Å². The summed E-state index contributed by atoms with van der Waals surface area (Å²) in [5.74, 6) is -1.91. The molecule has 186 valence electrons. The summed E-state index contributed by atoms with van der Waals surface area (Å²) in [6.45, 7) is 15.7. The maximum atomic E-state index is 13.0. The number of hydrogen-bond donors (Lipinski definition) is 1. The molecule has 0 spiro atoms. The van der Waals surface area contributed by atoms with E-state index in [1.165, 1.54) is 0 Å². The summed E-state index contributed by atoms with van der Waals surface area (Å²) in [6.07, 6.45) is 1.03. The molecule has 1 amide bonds. The highest BCUT2D eigenvalue weighted by molar-refractivity contribution is 9.10. The molecule has 0 radical (unpaired) electrons. The van der Waals surface area contributed by atoms with Crippen LogP contribution in [-0.2, 0) is 30.2 Å². The van der Waals surface area contributed by atoms with Crippen LogP contribution in [0.4, 0.5) is 4.79 Å². The fourth-order valence-electron chi connectivity index (χ4n) is 2.75. The van der Waals surface area contributed by atoms with Crippen molar-refractivity contribution >= 4 is 34.0 Å². The lowest BCUT2D eigenvalue weighted by Crippen LogP contribution is -2.48. The smallest absolute Gasteiger partial charge is 0.408 e. The Hall–Kier alpha value is -2.16. The Morgan fingerprint density at radius 3 is 1.85 bits per heavy atom. The topological polar surface area (TPSA) is 104 Å². The number of halogens is 1. The first-order valence-corrected chi connectivity index (χ1v) is 11.7. The standard InChI is InChI=1S/C24H37BrN2O6/c1-22(2,3)31-19(28)15(12-17-11-10-16(25)14-26-17)13-18(20(29)32-23(4,5)6)27-21(30)33-24(7,8)9/h10-11,14-15,18H,12-13H2,1-9H3,(H,27,30)/t15?,18-/m0/s1. The van der Waals surface area contributed by atoms with Gasteiger partial charge in [0.15, 0.2) is 0 Å². The number of nitrogens with zero attached hydrogens (tertiary/aromatic N) is 1. The first-order chi connectivity index (χ1) is 14.8. The van der Waals surface area contributed by atoms with Crippen LogP contribution in [0.3, 0.4) is 0 Å². The minimum atomic E-state index is -1.12. The van der Waals surface area contributed by atoms with E-state index in [9.17, 15) is 14.4 Å². The summed E-state index contributed by atoms with van der Waals surface area (Å²) < 4.78 is 17.2. The Labute approximate surface area is 205 Å². The number of nitrogens with one attached hydrogen (secondary N) is 1. The summed E-state index contributed by atoms with van der Waals surface area (Å²) in [6, 6.07) is 2.48. The minimum Gasteiger partial charge on any atom is -0.460 e. The highest BCUT2D eigenvalue weighted by atomic mass is 79.9. The lowest BCUT2D eigenvalue weighted by atomic mass is 9.94. The Balaban J connectivity index is 3.21. The van der Waals surface area contributed by atoms with Gasteiger partial charge in [-0.05, 0) is 96.8 Å². The molecule has 0 aliphatic heterocycles. The molecule has 0 aromatic carbocycles. The molecule has 1 rings (SSSR count). The zero-order chi connectivity index (χ0) is 25.6. The summed E-state index contributed by atoms with van der Waals surface area (Å²) in [5.41, 5.74) is -1.61. The SMILES string of the molecule is CC(C)(C)OC(=O)N[C@@H](CC(Cc1ccc(Br)cn1)C(=O)OC(C)(C)C)C(=O)OC(C)(C)C. The van der Waals surface area contributed by atoms with E-state index in [2.05, 4.69) is 26.2 Å². The van der Waals surface area contributed by atoms with Crippen LogP contribution in [0.25, 0.3) is 0 Å². The molecule has 1 unspecified atom stereocenters. The maximum absolute atomic E-state index is 13.0. The van der Waals surface area contributed by atoms with Crippen molar-refractivity contribution < 1.29 is 28.6 Å². The average Bonchev–Trinajstić information content (AvgIpc) is 2.57.